The second-order valence-corrected chi connectivity index (χ2v) is 5.25. The number of piperidine rings is 1. The standard InChI is InChI=1S/C12H22N2O/c1-2-3-12(15)14-7-9-4-10(8-14)6-11(13)5-9/h9-11H,2-8,13H2,1H3. The minimum atomic E-state index is 0.350. The smallest absolute Gasteiger partial charge is 0.222 e. The van der Waals surface area contributed by atoms with Crippen LogP contribution in [-0.2, 0) is 4.79 Å². The van der Waals surface area contributed by atoms with Crippen molar-refractivity contribution in [1.29, 1.82) is 0 Å². The topological polar surface area (TPSA) is 46.3 Å². The number of nitrogens with zero attached hydrogens (tertiary/aromatic N) is 1. The molecule has 1 aliphatic heterocycles. The summed E-state index contributed by atoms with van der Waals surface area (Å²) in [5.41, 5.74) is 6.00. The van der Waals surface area contributed by atoms with Gasteiger partial charge < -0.3 is 10.6 Å². The van der Waals surface area contributed by atoms with Crippen molar-refractivity contribution in [2.24, 2.45) is 17.6 Å². The molecule has 2 unspecified atom stereocenters. The molecule has 1 saturated carbocycles. The highest BCUT2D eigenvalue weighted by molar-refractivity contribution is 5.76. The maximum absolute atomic E-state index is 11.8. The quantitative estimate of drug-likeness (QED) is 0.748. The fourth-order valence-electron chi connectivity index (χ4n) is 3.19. The van der Waals surface area contributed by atoms with Gasteiger partial charge >= 0.3 is 0 Å². The molecule has 2 aliphatic rings. The summed E-state index contributed by atoms with van der Waals surface area (Å²) in [6, 6.07) is 0.386. The lowest BCUT2D eigenvalue weighted by Crippen LogP contribution is -2.49. The highest BCUT2D eigenvalue weighted by Crippen LogP contribution is 2.34. The Morgan fingerprint density at radius 2 is 1.87 bits per heavy atom. The van der Waals surface area contributed by atoms with Gasteiger partial charge in [0.15, 0.2) is 0 Å². The Balaban J connectivity index is 1.93. The van der Waals surface area contributed by atoms with Gasteiger partial charge in [0.25, 0.3) is 0 Å². The minimum Gasteiger partial charge on any atom is -0.342 e. The molecule has 1 heterocycles. The van der Waals surface area contributed by atoms with Gasteiger partial charge in [-0.3, -0.25) is 4.79 Å². The van der Waals surface area contributed by atoms with Crippen molar-refractivity contribution >= 4 is 5.91 Å². The van der Waals surface area contributed by atoms with Gasteiger partial charge in [-0.05, 0) is 37.5 Å². The molecule has 2 fully saturated rings. The lowest BCUT2D eigenvalue weighted by Gasteiger charge is -2.43. The van der Waals surface area contributed by atoms with Crippen molar-refractivity contribution in [2.75, 3.05) is 13.1 Å². The average molecular weight is 210 g/mol. The third kappa shape index (κ3) is 2.51. The number of fused-ring (bicyclic) bond motifs is 2. The van der Waals surface area contributed by atoms with E-state index in [1.165, 1.54) is 6.42 Å². The molecule has 3 nitrogen and oxygen atoms in total. The molecule has 2 N–H and O–H groups in total. The second kappa shape index (κ2) is 4.52. The van der Waals surface area contributed by atoms with Crippen LogP contribution in [0.1, 0.15) is 39.0 Å². The maximum atomic E-state index is 11.8. The Morgan fingerprint density at radius 1 is 1.27 bits per heavy atom. The van der Waals surface area contributed by atoms with Gasteiger partial charge in [0.05, 0.1) is 0 Å². The first-order chi connectivity index (χ1) is 7.19. The van der Waals surface area contributed by atoms with Crippen LogP contribution in [0.2, 0.25) is 0 Å². The Hall–Kier alpha value is -0.570. The molecule has 2 bridgehead atoms. The fraction of sp³-hybridized carbons (Fsp3) is 0.917. The zero-order valence-electron chi connectivity index (χ0n) is 9.61. The molecule has 0 aromatic rings. The number of rotatable bonds is 2. The van der Waals surface area contributed by atoms with Crippen molar-refractivity contribution in [2.45, 2.75) is 45.1 Å². The van der Waals surface area contributed by atoms with E-state index >= 15 is 0 Å². The van der Waals surface area contributed by atoms with Crippen molar-refractivity contribution in [1.82, 2.24) is 4.90 Å². The summed E-state index contributed by atoms with van der Waals surface area (Å²) in [6.07, 6.45) is 5.21. The molecule has 0 spiro atoms. The Labute approximate surface area is 92.0 Å². The predicted octanol–water partition coefficient (Wildman–Crippen LogP) is 1.37. The Bertz CT molecular complexity index is 224. The molecular weight excluding hydrogens is 188 g/mol. The number of hydrogen-bond donors (Lipinski definition) is 1. The molecular formula is C12H22N2O. The number of amides is 1. The van der Waals surface area contributed by atoms with E-state index in [1.54, 1.807) is 0 Å². The van der Waals surface area contributed by atoms with Crippen molar-refractivity contribution in [3.63, 3.8) is 0 Å². The Morgan fingerprint density at radius 3 is 2.40 bits per heavy atom. The second-order valence-electron chi connectivity index (χ2n) is 5.25. The molecule has 0 aromatic carbocycles. The average Bonchev–Trinajstić information content (AvgIpc) is 2.16. The third-order valence-corrected chi connectivity index (χ3v) is 3.71. The summed E-state index contributed by atoms with van der Waals surface area (Å²) < 4.78 is 0. The first kappa shape index (κ1) is 10.9. The summed E-state index contributed by atoms with van der Waals surface area (Å²) in [6.45, 7) is 3.99. The minimum absolute atomic E-state index is 0.350. The van der Waals surface area contributed by atoms with E-state index in [0.717, 1.165) is 32.4 Å². The monoisotopic (exact) mass is 210 g/mol. The highest BCUT2D eigenvalue weighted by Gasteiger charge is 2.35. The molecule has 2 atom stereocenters. The highest BCUT2D eigenvalue weighted by atomic mass is 16.2. The van der Waals surface area contributed by atoms with Crippen LogP contribution in [0.5, 0.6) is 0 Å². The van der Waals surface area contributed by atoms with E-state index in [2.05, 4.69) is 11.8 Å². The lowest BCUT2D eigenvalue weighted by atomic mass is 9.75. The van der Waals surface area contributed by atoms with Crippen molar-refractivity contribution < 1.29 is 4.79 Å². The van der Waals surface area contributed by atoms with Gasteiger partial charge in [0, 0.05) is 25.6 Å². The predicted molar refractivity (Wildman–Crippen MR) is 60.3 cm³/mol. The van der Waals surface area contributed by atoms with E-state index in [4.69, 9.17) is 5.73 Å². The van der Waals surface area contributed by atoms with Crippen LogP contribution in [-0.4, -0.2) is 29.9 Å². The third-order valence-electron chi connectivity index (χ3n) is 3.71. The molecule has 1 saturated heterocycles. The summed E-state index contributed by atoms with van der Waals surface area (Å²) in [7, 11) is 0. The van der Waals surface area contributed by atoms with E-state index in [-0.39, 0.29) is 0 Å². The van der Waals surface area contributed by atoms with E-state index in [1.807, 2.05) is 0 Å². The van der Waals surface area contributed by atoms with Crippen LogP contribution >= 0.6 is 0 Å². The van der Waals surface area contributed by atoms with Crippen LogP contribution in [0.3, 0.4) is 0 Å². The summed E-state index contributed by atoms with van der Waals surface area (Å²) >= 11 is 0. The van der Waals surface area contributed by atoms with Gasteiger partial charge in [0.2, 0.25) is 5.91 Å². The lowest BCUT2D eigenvalue weighted by molar-refractivity contribution is -0.135. The van der Waals surface area contributed by atoms with Crippen LogP contribution in [0.25, 0.3) is 0 Å². The normalized spacial score (nSPS) is 35.3. The van der Waals surface area contributed by atoms with Crippen LogP contribution < -0.4 is 5.73 Å². The molecule has 15 heavy (non-hydrogen) atoms. The molecule has 0 aromatic heterocycles. The number of carbonyl (C=O) groups is 1. The van der Waals surface area contributed by atoms with Gasteiger partial charge in [-0.2, -0.15) is 0 Å². The zero-order chi connectivity index (χ0) is 10.8. The number of likely N-dealkylation sites (tertiary alicyclic amines) is 1. The van der Waals surface area contributed by atoms with Gasteiger partial charge in [-0.1, -0.05) is 6.92 Å². The fourth-order valence-corrected chi connectivity index (χ4v) is 3.19. The number of nitrogens with two attached hydrogens (primary N) is 1. The maximum Gasteiger partial charge on any atom is 0.222 e. The van der Waals surface area contributed by atoms with Gasteiger partial charge in [-0.25, -0.2) is 0 Å². The van der Waals surface area contributed by atoms with Gasteiger partial charge in [-0.15, -0.1) is 0 Å². The van der Waals surface area contributed by atoms with Crippen molar-refractivity contribution in [3.05, 3.63) is 0 Å². The molecule has 0 radical (unpaired) electrons. The van der Waals surface area contributed by atoms with E-state index < -0.39 is 0 Å². The first-order valence-corrected chi connectivity index (χ1v) is 6.22. The molecule has 3 heteroatoms. The SMILES string of the molecule is CCCC(=O)N1CC2CC(N)CC(C2)C1. The van der Waals surface area contributed by atoms with Crippen LogP contribution in [0.15, 0.2) is 0 Å². The summed E-state index contributed by atoms with van der Waals surface area (Å²) in [4.78, 5) is 13.9. The molecule has 2 rings (SSSR count). The first-order valence-electron chi connectivity index (χ1n) is 6.22. The zero-order valence-corrected chi connectivity index (χ0v) is 9.61. The summed E-state index contributed by atoms with van der Waals surface area (Å²) in [5, 5.41) is 0. The van der Waals surface area contributed by atoms with Crippen LogP contribution in [0.4, 0.5) is 0 Å². The Kier molecular flexibility index (Phi) is 3.29. The van der Waals surface area contributed by atoms with E-state index in [0.29, 0.717) is 30.2 Å². The van der Waals surface area contributed by atoms with E-state index in [9.17, 15) is 4.79 Å². The number of carbonyl (C=O) groups excluding carboxylic acids is 1. The summed E-state index contributed by atoms with van der Waals surface area (Å²) in [5.74, 6) is 1.70. The molecule has 1 amide bonds. The molecule has 86 valence electrons. The molecule has 1 aliphatic carbocycles. The van der Waals surface area contributed by atoms with Crippen LogP contribution in [0, 0.1) is 11.8 Å². The number of hydrogen-bond acceptors (Lipinski definition) is 2. The largest absolute Gasteiger partial charge is 0.342 e. The van der Waals surface area contributed by atoms with Gasteiger partial charge in [0.1, 0.15) is 0 Å². The van der Waals surface area contributed by atoms with Crippen molar-refractivity contribution in [3.8, 4) is 0 Å².